The van der Waals surface area contributed by atoms with Crippen LogP contribution < -0.4 is 5.73 Å². The molecule has 0 aliphatic carbocycles. The van der Waals surface area contributed by atoms with E-state index in [1.165, 1.54) is 4.88 Å². The number of amidine groups is 1. The fourth-order valence-corrected chi connectivity index (χ4v) is 2.72. The topological polar surface area (TPSA) is 61.8 Å². The summed E-state index contributed by atoms with van der Waals surface area (Å²) in [6.45, 7) is 4.23. The summed E-state index contributed by atoms with van der Waals surface area (Å²) in [7, 11) is 0. The van der Waals surface area contributed by atoms with Gasteiger partial charge in [-0.2, -0.15) is 0 Å². The maximum absolute atomic E-state index is 8.48. The second kappa shape index (κ2) is 6.09. The molecular weight excluding hydrogens is 278 g/mol. The third-order valence-electron chi connectivity index (χ3n) is 1.97. The van der Waals surface area contributed by atoms with Gasteiger partial charge in [0.2, 0.25) is 0 Å². The number of thiophene rings is 1. The number of rotatable bonds is 5. The molecule has 0 unspecified atom stereocenters. The third-order valence-corrected chi connectivity index (χ3v) is 3.58. The molecule has 1 heterocycles. The van der Waals surface area contributed by atoms with Gasteiger partial charge in [0.05, 0.1) is 10.3 Å². The highest BCUT2D eigenvalue weighted by Crippen LogP contribution is 2.23. The smallest absolute Gasteiger partial charge is 0.153 e. The summed E-state index contributed by atoms with van der Waals surface area (Å²) in [5.74, 6) is 0.243. The van der Waals surface area contributed by atoms with Gasteiger partial charge in [0.1, 0.15) is 0 Å². The highest BCUT2D eigenvalue weighted by atomic mass is 79.9. The highest BCUT2D eigenvalue weighted by Gasteiger charge is 2.07. The molecule has 6 heteroatoms. The van der Waals surface area contributed by atoms with Crippen molar-refractivity contribution in [2.75, 3.05) is 13.1 Å². The molecule has 1 aromatic rings. The van der Waals surface area contributed by atoms with Crippen molar-refractivity contribution < 1.29 is 5.21 Å². The quantitative estimate of drug-likeness (QED) is 0.378. The van der Waals surface area contributed by atoms with Crippen LogP contribution >= 0.6 is 27.3 Å². The third kappa shape index (κ3) is 4.19. The first kappa shape index (κ1) is 12.5. The standard InChI is InChI=1S/C9H14BrN3OS/c1-2-13(6-9(11)12-14)5-7-3-4-8(10)15-7/h3-4,14H,2,5-6H2,1H3,(H2,11,12). The molecule has 0 saturated heterocycles. The summed E-state index contributed by atoms with van der Waals surface area (Å²) >= 11 is 5.12. The first-order valence-corrected chi connectivity index (χ1v) is 6.19. The molecule has 0 aromatic carbocycles. The van der Waals surface area contributed by atoms with Crippen LogP contribution in [-0.2, 0) is 6.54 Å². The van der Waals surface area contributed by atoms with Crippen LogP contribution in [0.1, 0.15) is 11.8 Å². The van der Waals surface area contributed by atoms with Crippen molar-refractivity contribution in [1.29, 1.82) is 0 Å². The zero-order valence-corrected chi connectivity index (χ0v) is 10.9. The van der Waals surface area contributed by atoms with Crippen molar-refractivity contribution in [2.45, 2.75) is 13.5 Å². The van der Waals surface area contributed by atoms with Gasteiger partial charge in [-0.3, -0.25) is 4.90 Å². The van der Waals surface area contributed by atoms with E-state index in [9.17, 15) is 0 Å². The van der Waals surface area contributed by atoms with E-state index in [1.807, 2.05) is 13.0 Å². The van der Waals surface area contributed by atoms with Gasteiger partial charge in [-0.25, -0.2) is 0 Å². The molecule has 4 nitrogen and oxygen atoms in total. The Labute approximate surface area is 102 Å². The second-order valence-electron chi connectivity index (χ2n) is 3.10. The summed E-state index contributed by atoms with van der Waals surface area (Å²) < 4.78 is 1.12. The molecule has 0 radical (unpaired) electrons. The summed E-state index contributed by atoms with van der Waals surface area (Å²) in [4.78, 5) is 3.36. The predicted molar refractivity (Wildman–Crippen MR) is 66.4 cm³/mol. The first-order valence-electron chi connectivity index (χ1n) is 4.58. The average Bonchev–Trinajstić information content (AvgIpc) is 2.62. The zero-order chi connectivity index (χ0) is 11.3. The van der Waals surface area contributed by atoms with Crippen molar-refractivity contribution >= 4 is 33.1 Å². The molecule has 0 aliphatic rings. The Morgan fingerprint density at radius 3 is 2.87 bits per heavy atom. The fraction of sp³-hybridized carbons (Fsp3) is 0.444. The van der Waals surface area contributed by atoms with Gasteiger partial charge in [0.15, 0.2) is 5.84 Å². The lowest BCUT2D eigenvalue weighted by Crippen LogP contribution is -2.33. The number of nitrogens with two attached hydrogens (primary N) is 1. The van der Waals surface area contributed by atoms with Crippen LogP contribution in [0.4, 0.5) is 0 Å². The van der Waals surface area contributed by atoms with Gasteiger partial charge in [-0.1, -0.05) is 12.1 Å². The lowest BCUT2D eigenvalue weighted by molar-refractivity contribution is 0.296. The minimum absolute atomic E-state index is 0.243. The van der Waals surface area contributed by atoms with Crippen LogP contribution in [0, 0.1) is 0 Å². The van der Waals surface area contributed by atoms with E-state index in [-0.39, 0.29) is 5.84 Å². The molecule has 15 heavy (non-hydrogen) atoms. The molecule has 0 amide bonds. The molecule has 0 spiro atoms. The maximum atomic E-state index is 8.48. The first-order chi connectivity index (χ1) is 7.15. The van der Waals surface area contributed by atoms with E-state index < -0.39 is 0 Å². The zero-order valence-electron chi connectivity index (χ0n) is 8.48. The number of likely N-dealkylation sites (N-methyl/N-ethyl adjacent to an activating group) is 1. The van der Waals surface area contributed by atoms with Crippen LogP contribution in [0.3, 0.4) is 0 Å². The van der Waals surface area contributed by atoms with Crippen molar-refractivity contribution in [3.05, 3.63) is 20.8 Å². The molecule has 0 bridgehead atoms. The van der Waals surface area contributed by atoms with Crippen LogP contribution in [-0.4, -0.2) is 29.0 Å². The number of oxime groups is 1. The number of nitrogens with zero attached hydrogens (tertiary/aromatic N) is 2. The summed E-state index contributed by atoms with van der Waals surface area (Å²) in [6.07, 6.45) is 0. The van der Waals surface area contributed by atoms with Gasteiger partial charge in [0.25, 0.3) is 0 Å². The van der Waals surface area contributed by atoms with Gasteiger partial charge in [-0.05, 0) is 34.6 Å². The SMILES string of the molecule is CCN(CC(N)=NO)Cc1ccc(Br)s1. The molecular formula is C9H14BrN3OS. The highest BCUT2D eigenvalue weighted by molar-refractivity contribution is 9.11. The van der Waals surface area contributed by atoms with E-state index in [2.05, 4.69) is 32.1 Å². The van der Waals surface area contributed by atoms with Crippen LogP contribution in [0.25, 0.3) is 0 Å². The minimum Gasteiger partial charge on any atom is -0.409 e. The molecule has 1 aromatic heterocycles. The van der Waals surface area contributed by atoms with E-state index in [0.717, 1.165) is 16.9 Å². The van der Waals surface area contributed by atoms with Gasteiger partial charge < -0.3 is 10.9 Å². The Morgan fingerprint density at radius 2 is 2.40 bits per heavy atom. The number of hydrogen-bond donors (Lipinski definition) is 2. The van der Waals surface area contributed by atoms with Crippen LogP contribution in [0.15, 0.2) is 21.1 Å². The number of hydrogen-bond acceptors (Lipinski definition) is 4. The van der Waals surface area contributed by atoms with E-state index in [4.69, 9.17) is 10.9 Å². The van der Waals surface area contributed by atoms with Crippen LogP contribution in [0.5, 0.6) is 0 Å². The van der Waals surface area contributed by atoms with Crippen LogP contribution in [0.2, 0.25) is 0 Å². The van der Waals surface area contributed by atoms with Crippen molar-refractivity contribution in [3.63, 3.8) is 0 Å². The molecule has 1 rings (SSSR count). The molecule has 0 saturated carbocycles. The minimum atomic E-state index is 0.243. The van der Waals surface area contributed by atoms with Crippen molar-refractivity contribution in [1.82, 2.24) is 4.90 Å². The molecule has 3 N–H and O–H groups in total. The molecule has 0 fully saturated rings. The average molecular weight is 292 g/mol. The Bertz CT molecular complexity index is 340. The summed E-state index contributed by atoms with van der Waals surface area (Å²) in [5.41, 5.74) is 5.46. The van der Waals surface area contributed by atoms with Gasteiger partial charge in [0, 0.05) is 11.4 Å². The summed E-state index contributed by atoms with van der Waals surface area (Å²) in [5, 5.41) is 11.5. The molecule has 0 atom stereocenters. The Morgan fingerprint density at radius 1 is 1.67 bits per heavy atom. The monoisotopic (exact) mass is 291 g/mol. The number of halogens is 1. The molecule has 84 valence electrons. The lowest BCUT2D eigenvalue weighted by atomic mass is 10.4. The lowest BCUT2D eigenvalue weighted by Gasteiger charge is -2.18. The molecule has 0 aliphatic heterocycles. The van der Waals surface area contributed by atoms with Gasteiger partial charge >= 0.3 is 0 Å². The fourth-order valence-electron chi connectivity index (χ4n) is 1.20. The Balaban J connectivity index is 2.54. The van der Waals surface area contributed by atoms with E-state index in [1.54, 1.807) is 11.3 Å². The van der Waals surface area contributed by atoms with Crippen molar-refractivity contribution in [3.8, 4) is 0 Å². The van der Waals surface area contributed by atoms with E-state index in [0.29, 0.717) is 6.54 Å². The normalized spacial score (nSPS) is 12.3. The second-order valence-corrected chi connectivity index (χ2v) is 5.65. The maximum Gasteiger partial charge on any atom is 0.153 e. The summed E-state index contributed by atoms with van der Waals surface area (Å²) in [6, 6.07) is 4.10. The Kier molecular flexibility index (Phi) is 5.07. The predicted octanol–water partition coefficient (Wildman–Crippen LogP) is 2.08. The Hall–Kier alpha value is -0.590. The van der Waals surface area contributed by atoms with Gasteiger partial charge in [-0.15, -0.1) is 11.3 Å². The van der Waals surface area contributed by atoms with Crippen molar-refractivity contribution in [2.24, 2.45) is 10.9 Å². The largest absolute Gasteiger partial charge is 0.409 e. The van der Waals surface area contributed by atoms with E-state index >= 15 is 0 Å².